The molecule has 0 amide bonds. The SMILES string of the molecule is Nc1nc([N+](=O)[O-])nc2c1ncn2[C@]1(C(=O)c2ccccc2)O[C@](C(=O)c2ccccc2)(C(O)C(=O)c2ccccc2)[C@](O)(C(=O)c2ccccc2)[C@]1(O)C(=O)c1ccccc1.Nc1ncnc2c1ncn2[C@]1(C(=O)c2ccccc2)O[C@](C(=O)c2ccccc2)(C(O)C(=O)c2ccccc2)[C@](O)(C(=O)c2ccccc2)[C@]1(O)C(=O)c1ccccc1. The molecule has 6 heterocycles. The molecule has 31 nitrogen and oxygen atoms in total. The molecule has 2 aliphatic heterocycles. The van der Waals surface area contributed by atoms with Gasteiger partial charge in [-0.15, -0.1) is 0 Å². The molecule has 2 aliphatic rings. The molecule has 2 unspecified atom stereocenters. The van der Waals surface area contributed by atoms with Gasteiger partial charge in [-0.1, -0.05) is 303 Å². The number of hydrogen-bond donors (Lipinski definition) is 8. The third-order valence-corrected chi connectivity index (χ3v) is 21.6. The van der Waals surface area contributed by atoms with Crippen LogP contribution in [0, 0.1) is 10.1 Å². The van der Waals surface area contributed by atoms with Crippen LogP contribution in [0.25, 0.3) is 22.3 Å². The molecule has 10 aromatic carbocycles. The zero-order chi connectivity index (χ0) is 85.6. The van der Waals surface area contributed by atoms with Crippen LogP contribution in [0.4, 0.5) is 17.6 Å². The van der Waals surface area contributed by atoms with Gasteiger partial charge in [0.05, 0.1) is 0 Å². The smallest absolute Gasteiger partial charge is 0.390 e. The number of nitrogen functional groups attached to an aromatic ring is 2. The summed E-state index contributed by atoms with van der Waals surface area (Å²) in [5, 5.41) is 94.1. The number of aromatic nitrogens is 8. The fourth-order valence-corrected chi connectivity index (χ4v) is 15.9. The predicted molar refractivity (Wildman–Crippen MR) is 429 cm³/mol. The Labute approximate surface area is 683 Å². The largest absolute Gasteiger partial charge is 0.473 e. The first kappa shape index (κ1) is 80.8. The first-order chi connectivity index (χ1) is 58.2. The highest BCUT2D eigenvalue weighted by atomic mass is 16.6. The first-order valence-corrected chi connectivity index (χ1v) is 36.9. The van der Waals surface area contributed by atoms with E-state index < -0.39 is 171 Å². The fraction of sp³-hybridized carbons (Fsp3) is 0.111. The van der Waals surface area contributed by atoms with Gasteiger partial charge >= 0.3 is 5.95 Å². The number of hydrogen-bond acceptors (Lipinski definition) is 28. The topological polar surface area (TPSA) is 493 Å². The molecular formula is C90H65N11O20. The Hall–Kier alpha value is -15.3. The lowest BCUT2D eigenvalue weighted by Gasteiger charge is -2.45. The molecule has 0 saturated carbocycles. The van der Waals surface area contributed by atoms with Gasteiger partial charge in [-0.2, -0.15) is 0 Å². The lowest BCUT2D eigenvalue weighted by molar-refractivity contribution is -0.394. The van der Waals surface area contributed by atoms with Gasteiger partial charge in [0.2, 0.25) is 91.3 Å². The maximum Gasteiger partial charge on any atom is 0.473 e. The molecule has 0 aliphatic carbocycles. The van der Waals surface area contributed by atoms with Crippen molar-refractivity contribution in [1.82, 2.24) is 39.0 Å². The third kappa shape index (κ3) is 12.0. The molecule has 2 saturated heterocycles. The van der Waals surface area contributed by atoms with E-state index in [0.717, 1.165) is 41.5 Å². The number of aliphatic hydroxyl groups is 6. The average Bonchev–Trinajstić information content (AvgIpc) is 1.48. The van der Waals surface area contributed by atoms with E-state index in [1.807, 2.05) is 0 Å². The summed E-state index contributed by atoms with van der Waals surface area (Å²) in [6.45, 7) is 0. The van der Waals surface area contributed by atoms with Crippen LogP contribution in [0.15, 0.2) is 322 Å². The lowest BCUT2D eigenvalue weighted by Crippen LogP contribution is -2.78. The Kier molecular flexibility index (Phi) is 20.9. The van der Waals surface area contributed by atoms with E-state index in [9.17, 15) is 50.3 Å². The molecule has 10 atom stereocenters. The molecule has 0 bridgehead atoms. The van der Waals surface area contributed by atoms with Crippen LogP contribution < -0.4 is 11.5 Å². The van der Waals surface area contributed by atoms with Crippen molar-refractivity contribution >= 4 is 97.7 Å². The van der Waals surface area contributed by atoms with Crippen molar-refractivity contribution in [1.29, 1.82) is 0 Å². The summed E-state index contributed by atoms with van der Waals surface area (Å²) in [7, 11) is 0. The van der Waals surface area contributed by atoms with Crippen LogP contribution in [0.5, 0.6) is 0 Å². The number of imidazole rings is 2. The zero-order valence-corrected chi connectivity index (χ0v) is 62.8. The van der Waals surface area contributed by atoms with Gasteiger partial charge < -0.3 is 61.7 Å². The Morgan fingerprint density at radius 1 is 0.322 bits per heavy atom. The van der Waals surface area contributed by atoms with Gasteiger partial charge in [-0.05, 0) is 14.9 Å². The molecule has 0 spiro atoms. The first-order valence-electron chi connectivity index (χ1n) is 36.9. The summed E-state index contributed by atoms with van der Waals surface area (Å²) in [4.78, 5) is 191. The van der Waals surface area contributed by atoms with Crippen molar-refractivity contribution in [3.63, 3.8) is 0 Å². The number of ketones is 10. The van der Waals surface area contributed by atoms with Gasteiger partial charge in [0.1, 0.15) is 24.5 Å². The molecule has 16 rings (SSSR count). The molecule has 0 radical (unpaired) electrons. The summed E-state index contributed by atoms with van der Waals surface area (Å²) in [5.74, 6) is -17.0. The van der Waals surface area contributed by atoms with E-state index in [-0.39, 0.29) is 44.8 Å². The van der Waals surface area contributed by atoms with Gasteiger partial charge in [0, 0.05) is 55.6 Å². The molecule has 10 N–H and O–H groups in total. The normalized spacial score (nSPS) is 22.7. The number of benzene rings is 10. The minimum Gasteiger partial charge on any atom is -0.390 e. The number of aliphatic hydroxyl groups excluding tert-OH is 2. The average molecular weight is 1620 g/mol. The number of ether oxygens (including phenoxy) is 2. The zero-order valence-electron chi connectivity index (χ0n) is 62.8. The summed E-state index contributed by atoms with van der Waals surface area (Å²) >= 11 is 0. The number of Topliss-reactive ketones (excluding diaryl/α,β-unsaturated/α-hetero) is 10. The summed E-state index contributed by atoms with van der Waals surface area (Å²) < 4.78 is 14.8. The van der Waals surface area contributed by atoms with Crippen LogP contribution in [0.2, 0.25) is 0 Å². The molecular weight excluding hydrogens is 1560 g/mol. The van der Waals surface area contributed by atoms with Gasteiger partial charge in [0.25, 0.3) is 11.4 Å². The van der Waals surface area contributed by atoms with E-state index in [0.29, 0.717) is 10.9 Å². The summed E-state index contributed by atoms with van der Waals surface area (Å²) in [5.41, 5.74) is -24.8. The second kappa shape index (κ2) is 31.3. The highest BCUT2D eigenvalue weighted by molar-refractivity contribution is 6.26. The van der Waals surface area contributed by atoms with E-state index >= 15 is 38.4 Å². The van der Waals surface area contributed by atoms with Crippen molar-refractivity contribution in [2.45, 2.75) is 57.3 Å². The van der Waals surface area contributed by atoms with Crippen LogP contribution in [-0.2, 0) is 20.9 Å². The second-order valence-corrected chi connectivity index (χ2v) is 28.1. The molecule has 31 heteroatoms. The number of carbonyl (C=O) groups is 10. The molecule has 4 aromatic heterocycles. The monoisotopic (exact) mass is 1620 g/mol. The third-order valence-electron chi connectivity index (χ3n) is 21.6. The van der Waals surface area contributed by atoms with E-state index in [1.165, 1.54) is 255 Å². The van der Waals surface area contributed by atoms with Crippen LogP contribution in [0.3, 0.4) is 0 Å². The number of anilines is 2. The van der Waals surface area contributed by atoms with Crippen molar-refractivity contribution in [2.24, 2.45) is 0 Å². The Morgan fingerprint density at radius 3 is 0.860 bits per heavy atom. The van der Waals surface area contributed by atoms with Crippen molar-refractivity contribution in [3.8, 4) is 0 Å². The van der Waals surface area contributed by atoms with Gasteiger partial charge in [-0.25, -0.2) is 19.9 Å². The van der Waals surface area contributed by atoms with E-state index in [2.05, 4.69) is 29.9 Å². The maximum atomic E-state index is 15.9. The van der Waals surface area contributed by atoms with Gasteiger partial charge in [0.15, 0.2) is 40.8 Å². The predicted octanol–water partition coefficient (Wildman–Crippen LogP) is 8.04. The molecule has 121 heavy (non-hydrogen) atoms. The van der Waals surface area contributed by atoms with Crippen molar-refractivity contribution < 1.29 is 93.0 Å². The number of nitro groups is 1. The minimum absolute atomic E-state index is 0.184. The van der Waals surface area contributed by atoms with Crippen molar-refractivity contribution in [2.75, 3.05) is 11.5 Å². The number of nitrogens with zero attached hydrogens (tertiary/aromatic N) is 9. The Balaban J connectivity index is 0.000000188. The standard InChI is InChI=1S/C45H32N6O11.C45H33N5O9/c46-39-32-40(49-41(48-39)51(60)61)50(26-47-32)45(37(56)31-24-14-5-15-25-31)44(59,36(55)30-22-12-4-13-23-30)43(58,35(54)29-20-10-3-11-21-29)42(62-45,34(53)28-18-8-2-9-19-28)38(57)33(52)27-16-6-1-7-17-27;46-40-33-41(48-26-47-40)50(27-49-33)45(38(55)32-24-14-5-15-25-32)44(58,37(54)31-22-12-4-13-23-31)43(57,36(53)30-20-10-3-11-21-30)42(59-45,35(52)29-18-8-2-9-19-29)39(56)34(51)28-16-6-1-7-17-28/h1-26,38,57-59H,(H2,46,48,49);1-27,39,56-58H,(H2,46,47,48)/t38?,42-,43-,44-,45-;39?,42-,43-,44-,45-/m11/s1. The van der Waals surface area contributed by atoms with E-state index in [4.69, 9.17) is 20.9 Å². The number of fused-ring (bicyclic) bond motifs is 2. The van der Waals surface area contributed by atoms with E-state index in [1.54, 1.807) is 24.3 Å². The fourth-order valence-electron chi connectivity index (χ4n) is 15.9. The van der Waals surface area contributed by atoms with Crippen LogP contribution in [-0.4, -0.2) is 178 Å². The lowest BCUT2D eigenvalue weighted by atomic mass is 9.59. The molecule has 600 valence electrons. The Bertz CT molecular complexity index is 6350. The highest BCUT2D eigenvalue weighted by Gasteiger charge is 2.93. The van der Waals surface area contributed by atoms with Gasteiger partial charge in [-0.3, -0.25) is 57.1 Å². The summed E-state index contributed by atoms with van der Waals surface area (Å²) in [6, 6.07) is 67.8. The maximum absolute atomic E-state index is 15.9. The number of nitrogens with two attached hydrogens (primary N) is 2. The molecule has 2 fully saturated rings. The van der Waals surface area contributed by atoms with Crippen molar-refractivity contribution in [3.05, 3.63) is 388 Å². The second-order valence-electron chi connectivity index (χ2n) is 28.1. The number of carbonyl (C=O) groups excluding carboxylic acids is 10. The quantitative estimate of drug-likeness (QED) is 0.0152. The highest BCUT2D eigenvalue weighted by Crippen LogP contribution is 2.64. The molecule has 14 aromatic rings. The number of rotatable bonds is 25. The van der Waals surface area contributed by atoms with Crippen LogP contribution >= 0.6 is 0 Å². The minimum atomic E-state index is -4.24. The summed E-state index contributed by atoms with van der Waals surface area (Å²) in [6.07, 6.45) is -3.39. The Morgan fingerprint density at radius 2 is 0.570 bits per heavy atom. The van der Waals surface area contributed by atoms with Crippen LogP contribution in [0.1, 0.15) is 104 Å².